The van der Waals surface area contributed by atoms with E-state index in [0.29, 0.717) is 0 Å². The number of aliphatic hydroxyl groups excluding tert-OH is 2. The van der Waals surface area contributed by atoms with Gasteiger partial charge in [-0.2, -0.15) is 0 Å². The van der Waals surface area contributed by atoms with Gasteiger partial charge in [0.25, 0.3) is 11.4 Å². The van der Waals surface area contributed by atoms with Gasteiger partial charge in [-0.3, -0.25) is 19.1 Å². The Labute approximate surface area is 118 Å². The number of rotatable bonds is 3. The number of hydrogen-bond donors (Lipinski definition) is 4. The Balaban J connectivity index is 2.54. The molecular formula is C10H11FN2O6S. The van der Waals surface area contributed by atoms with Gasteiger partial charge >= 0.3 is 0 Å². The summed E-state index contributed by atoms with van der Waals surface area (Å²) >= 11 is 4.78. The number of ether oxygens (including phenoxy) is 1. The van der Waals surface area contributed by atoms with E-state index in [2.05, 4.69) is 9.72 Å². The smallest absolute Gasteiger partial charge is 0.263 e. The number of halogens is 1. The highest BCUT2D eigenvalue weighted by atomic mass is 32.1. The van der Waals surface area contributed by atoms with Crippen LogP contribution in [0.3, 0.4) is 0 Å². The summed E-state index contributed by atoms with van der Waals surface area (Å²) in [6.45, 7) is -3.62. The lowest BCUT2D eigenvalue weighted by atomic mass is 10.1. The molecule has 4 atom stereocenters. The molecule has 10 heteroatoms. The van der Waals surface area contributed by atoms with E-state index < -0.39 is 42.0 Å². The standard InChI is InChI=1S/C10H11FN2O6S/c11-10(3-15)6(17)5(16)8(19-10)13-1-4(2-14)7(18)12-9(13)20/h1-2,5-6,8,15-17H,3H2,(H,12,18,20)/t5-,6+,8-,10-/m1/s1/i3D2. The largest absolute Gasteiger partial charge is 0.390 e. The molecule has 1 aliphatic rings. The molecule has 1 aliphatic heterocycles. The first kappa shape index (κ1) is 12.3. The van der Waals surface area contributed by atoms with Crippen LogP contribution in [0.5, 0.6) is 0 Å². The van der Waals surface area contributed by atoms with Gasteiger partial charge in [-0.05, 0) is 12.2 Å². The van der Waals surface area contributed by atoms with Crippen LogP contribution < -0.4 is 5.56 Å². The number of aliphatic hydroxyl groups is 3. The number of nitrogens with one attached hydrogen (secondary N) is 1. The third-order valence-electron chi connectivity index (χ3n) is 2.84. The highest BCUT2D eigenvalue weighted by Gasteiger charge is 2.55. The molecule has 2 heterocycles. The van der Waals surface area contributed by atoms with Crippen LogP contribution in [-0.4, -0.2) is 55.8 Å². The summed E-state index contributed by atoms with van der Waals surface area (Å²) in [5.41, 5.74) is -1.24. The number of nitrogens with zero attached hydrogens (tertiary/aromatic N) is 1. The zero-order chi connectivity index (χ0) is 16.9. The predicted octanol–water partition coefficient (Wildman–Crippen LogP) is -1.37. The van der Waals surface area contributed by atoms with Crippen molar-refractivity contribution in [1.29, 1.82) is 0 Å². The molecule has 1 aromatic heterocycles. The average Bonchev–Trinajstić information content (AvgIpc) is 2.64. The van der Waals surface area contributed by atoms with Gasteiger partial charge in [-0.1, -0.05) is 0 Å². The summed E-state index contributed by atoms with van der Waals surface area (Å²) in [6, 6.07) is 0. The molecule has 2 rings (SSSR count). The van der Waals surface area contributed by atoms with E-state index in [1.165, 1.54) is 0 Å². The molecule has 1 aromatic rings. The van der Waals surface area contributed by atoms with Crippen molar-refractivity contribution in [2.75, 3.05) is 6.56 Å². The normalized spacial score (nSPS) is 35.5. The van der Waals surface area contributed by atoms with Crippen LogP contribution in [0.15, 0.2) is 11.0 Å². The van der Waals surface area contributed by atoms with Gasteiger partial charge in [0.2, 0.25) is 0 Å². The SMILES string of the molecule is [2H]C([2H])(O)[C@@]1(F)O[C@@H](n2cc(C=O)c(=O)[nH]c2=S)[C@H](O)[C@@H]1O. The molecule has 0 saturated carbocycles. The van der Waals surface area contributed by atoms with Crippen LogP contribution in [0, 0.1) is 4.77 Å². The van der Waals surface area contributed by atoms with Crippen molar-refractivity contribution in [3.05, 3.63) is 26.9 Å². The lowest BCUT2D eigenvalue weighted by molar-refractivity contribution is -0.207. The zero-order valence-electron chi connectivity index (χ0n) is 11.7. The van der Waals surface area contributed by atoms with Gasteiger partial charge in [0.15, 0.2) is 17.3 Å². The first-order valence-corrected chi connectivity index (χ1v) is 5.69. The molecule has 0 unspecified atom stereocenters. The number of H-pyrrole nitrogens is 1. The first-order chi connectivity index (χ1) is 10.0. The molecule has 110 valence electrons. The highest BCUT2D eigenvalue weighted by molar-refractivity contribution is 7.71. The fourth-order valence-corrected chi connectivity index (χ4v) is 2.03. The topological polar surface area (TPSA) is 125 Å². The predicted molar refractivity (Wildman–Crippen MR) is 64.3 cm³/mol. The molecule has 0 bridgehead atoms. The number of alkyl halides is 1. The zero-order valence-corrected chi connectivity index (χ0v) is 10.5. The van der Waals surface area contributed by atoms with E-state index in [4.69, 9.17) is 20.1 Å². The van der Waals surface area contributed by atoms with Crippen LogP contribution in [-0.2, 0) is 4.74 Å². The maximum absolute atomic E-state index is 14.3. The minimum absolute atomic E-state index is 0.176. The van der Waals surface area contributed by atoms with E-state index in [9.17, 15) is 24.2 Å². The van der Waals surface area contributed by atoms with Crippen LogP contribution in [0.4, 0.5) is 4.39 Å². The summed E-state index contributed by atoms with van der Waals surface area (Å²) in [6.07, 6.45) is -5.20. The number of aromatic amines is 1. The second kappa shape index (κ2) is 5.14. The van der Waals surface area contributed by atoms with E-state index in [1.807, 2.05) is 0 Å². The average molecular weight is 308 g/mol. The fourth-order valence-electron chi connectivity index (χ4n) is 1.78. The fraction of sp³-hybridized carbons (Fsp3) is 0.500. The second-order valence-electron chi connectivity index (χ2n) is 4.07. The Morgan fingerprint density at radius 1 is 1.70 bits per heavy atom. The number of aromatic nitrogens is 2. The van der Waals surface area contributed by atoms with Crippen molar-refractivity contribution < 1.29 is 32.0 Å². The number of carbonyl (C=O) groups excluding carboxylic acids is 1. The van der Waals surface area contributed by atoms with Gasteiger partial charge in [0.1, 0.15) is 18.8 Å². The maximum atomic E-state index is 14.3. The van der Waals surface area contributed by atoms with Crippen molar-refractivity contribution in [3.63, 3.8) is 0 Å². The van der Waals surface area contributed by atoms with E-state index in [1.54, 1.807) is 0 Å². The van der Waals surface area contributed by atoms with Crippen LogP contribution in [0.25, 0.3) is 0 Å². The lowest BCUT2D eigenvalue weighted by Gasteiger charge is -2.20. The molecule has 0 amide bonds. The monoisotopic (exact) mass is 308 g/mol. The lowest BCUT2D eigenvalue weighted by Crippen LogP contribution is -2.42. The molecule has 0 aromatic carbocycles. The number of carbonyl (C=O) groups is 1. The van der Waals surface area contributed by atoms with E-state index >= 15 is 0 Å². The molecule has 0 radical (unpaired) electrons. The number of hydrogen-bond acceptors (Lipinski definition) is 7. The third-order valence-corrected chi connectivity index (χ3v) is 3.15. The van der Waals surface area contributed by atoms with Crippen molar-refractivity contribution >= 4 is 18.5 Å². The van der Waals surface area contributed by atoms with Crippen molar-refractivity contribution in [2.24, 2.45) is 0 Å². The third kappa shape index (κ3) is 2.21. The van der Waals surface area contributed by atoms with E-state index in [0.717, 1.165) is 10.8 Å². The molecule has 20 heavy (non-hydrogen) atoms. The van der Waals surface area contributed by atoms with Gasteiger partial charge < -0.3 is 20.1 Å². The molecule has 1 fully saturated rings. The minimum atomic E-state index is -3.64. The van der Waals surface area contributed by atoms with Crippen molar-refractivity contribution in [3.8, 4) is 0 Å². The second-order valence-corrected chi connectivity index (χ2v) is 4.46. The molecule has 4 N–H and O–H groups in total. The summed E-state index contributed by atoms with van der Waals surface area (Å²) in [4.78, 5) is 24.2. The highest BCUT2D eigenvalue weighted by Crippen LogP contribution is 2.37. The summed E-state index contributed by atoms with van der Waals surface area (Å²) in [5, 5.41) is 28.6. The summed E-state index contributed by atoms with van der Waals surface area (Å²) < 4.78 is 33.3. The van der Waals surface area contributed by atoms with Gasteiger partial charge in [-0.15, -0.1) is 0 Å². The Morgan fingerprint density at radius 2 is 2.35 bits per heavy atom. The van der Waals surface area contributed by atoms with Crippen molar-refractivity contribution in [2.45, 2.75) is 24.3 Å². The van der Waals surface area contributed by atoms with E-state index in [-0.39, 0.29) is 11.1 Å². The first-order valence-electron chi connectivity index (χ1n) is 6.29. The summed E-state index contributed by atoms with van der Waals surface area (Å²) in [7, 11) is 0. The minimum Gasteiger partial charge on any atom is -0.390 e. The quantitative estimate of drug-likeness (QED) is 0.401. The Kier molecular flexibility index (Phi) is 3.16. The van der Waals surface area contributed by atoms with Gasteiger partial charge in [-0.25, -0.2) is 4.39 Å². The molecule has 0 spiro atoms. The van der Waals surface area contributed by atoms with Crippen molar-refractivity contribution in [1.82, 2.24) is 9.55 Å². The Bertz CT molecular complexity index is 719. The molecule has 8 nitrogen and oxygen atoms in total. The number of aldehydes is 1. The van der Waals surface area contributed by atoms with Crippen LogP contribution in [0.2, 0.25) is 0 Å². The molecular weight excluding hydrogens is 295 g/mol. The Morgan fingerprint density at radius 3 is 2.85 bits per heavy atom. The molecule has 1 saturated heterocycles. The van der Waals surface area contributed by atoms with Crippen LogP contribution >= 0.6 is 12.2 Å². The maximum Gasteiger partial charge on any atom is 0.263 e. The van der Waals surface area contributed by atoms with Crippen LogP contribution in [0.1, 0.15) is 19.3 Å². The Hall–Kier alpha value is -1.46. The summed E-state index contributed by atoms with van der Waals surface area (Å²) in [5.74, 6) is -3.64. The molecule has 0 aliphatic carbocycles. The van der Waals surface area contributed by atoms with Gasteiger partial charge in [0, 0.05) is 6.20 Å². The van der Waals surface area contributed by atoms with Gasteiger partial charge in [0.05, 0.1) is 8.30 Å².